The average molecular weight is 477 g/mol. The molecule has 1 aliphatic heterocycles. The Morgan fingerprint density at radius 3 is 2.61 bits per heavy atom. The van der Waals surface area contributed by atoms with E-state index < -0.39 is 0 Å². The minimum absolute atomic E-state index is 0.00364. The van der Waals surface area contributed by atoms with Crippen molar-refractivity contribution < 1.29 is 4.79 Å². The molecule has 7 nitrogen and oxygen atoms in total. The van der Waals surface area contributed by atoms with Gasteiger partial charge in [0, 0.05) is 37.0 Å². The topological polar surface area (TPSA) is 68.3 Å². The van der Waals surface area contributed by atoms with Gasteiger partial charge in [-0.05, 0) is 68.1 Å². The zero-order valence-electron chi connectivity index (χ0n) is 20.5. The highest BCUT2D eigenvalue weighted by Crippen LogP contribution is 2.30. The number of benzene rings is 2. The summed E-state index contributed by atoms with van der Waals surface area (Å²) in [5.74, 6) is 1.05. The molecule has 1 aliphatic rings. The first kappa shape index (κ1) is 22.2. The monoisotopic (exact) mass is 476 g/mol. The fourth-order valence-electron chi connectivity index (χ4n) is 5.03. The van der Waals surface area contributed by atoms with Gasteiger partial charge in [-0.3, -0.25) is 9.20 Å². The number of carbonyl (C=O) groups excluding carboxylic acids is 1. The summed E-state index contributed by atoms with van der Waals surface area (Å²) in [5, 5.41) is 13.7. The van der Waals surface area contributed by atoms with Gasteiger partial charge in [0.2, 0.25) is 0 Å². The zero-order chi connectivity index (χ0) is 24.6. The van der Waals surface area contributed by atoms with E-state index in [1.165, 1.54) is 11.1 Å². The molecule has 1 saturated heterocycles. The van der Waals surface area contributed by atoms with Crippen molar-refractivity contribution in [3.05, 3.63) is 102 Å². The summed E-state index contributed by atoms with van der Waals surface area (Å²) in [6, 6.07) is 22.1. The Balaban J connectivity index is 1.37. The van der Waals surface area contributed by atoms with Crippen LogP contribution in [0.2, 0.25) is 0 Å². The van der Waals surface area contributed by atoms with Crippen molar-refractivity contribution in [2.45, 2.75) is 32.6 Å². The van der Waals surface area contributed by atoms with E-state index >= 15 is 0 Å². The molecule has 0 radical (unpaired) electrons. The summed E-state index contributed by atoms with van der Waals surface area (Å²) in [7, 11) is 0. The normalized spacial score (nSPS) is 15.9. The van der Waals surface area contributed by atoms with Crippen LogP contribution in [0.5, 0.6) is 0 Å². The molecular weight excluding hydrogens is 448 g/mol. The second-order valence-corrected chi connectivity index (χ2v) is 9.55. The van der Waals surface area contributed by atoms with E-state index in [2.05, 4.69) is 42.2 Å². The van der Waals surface area contributed by atoms with E-state index in [1.54, 1.807) is 0 Å². The van der Waals surface area contributed by atoms with Crippen LogP contribution in [0.3, 0.4) is 0 Å². The Kier molecular flexibility index (Phi) is 5.60. The number of amides is 1. The van der Waals surface area contributed by atoms with Crippen molar-refractivity contribution in [3.8, 4) is 16.9 Å². The van der Waals surface area contributed by atoms with Gasteiger partial charge < -0.3 is 4.90 Å². The number of carbonyl (C=O) groups is 1. The lowest BCUT2D eigenvalue weighted by Crippen LogP contribution is -2.39. The Labute approximate surface area is 210 Å². The molecule has 1 unspecified atom stereocenters. The van der Waals surface area contributed by atoms with Gasteiger partial charge >= 0.3 is 0 Å². The van der Waals surface area contributed by atoms with Crippen LogP contribution in [0.4, 0.5) is 0 Å². The Bertz CT molecular complexity index is 1550. The molecule has 0 saturated carbocycles. The maximum Gasteiger partial charge on any atom is 0.257 e. The molecule has 180 valence electrons. The number of piperidine rings is 1. The molecule has 2 aromatic carbocycles. The lowest BCUT2D eigenvalue weighted by molar-refractivity contribution is 0.0705. The SMILES string of the molecule is Cc1ccc(-c2nn(-c3ccccc3)cc2C(=O)N2CCCC(c3nnc4ccccn34)C2)cc1C. The smallest absolute Gasteiger partial charge is 0.257 e. The van der Waals surface area contributed by atoms with Crippen LogP contribution in [-0.2, 0) is 0 Å². The molecule has 1 amide bonds. The maximum absolute atomic E-state index is 14.0. The largest absolute Gasteiger partial charge is 0.338 e. The fraction of sp³-hybridized carbons (Fsp3) is 0.241. The number of aryl methyl sites for hydroxylation is 2. The van der Waals surface area contributed by atoms with Crippen LogP contribution in [-0.4, -0.2) is 48.3 Å². The van der Waals surface area contributed by atoms with Crippen LogP contribution in [0.15, 0.2) is 79.1 Å². The lowest BCUT2D eigenvalue weighted by atomic mass is 9.96. The van der Waals surface area contributed by atoms with E-state index in [4.69, 9.17) is 5.10 Å². The Morgan fingerprint density at radius 2 is 1.78 bits per heavy atom. The third-order valence-corrected chi connectivity index (χ3v) is 7.16. The molecule has 5 aromatic rings. The van der Waals surface area contributed by atoms with E-state index in [-0.39, 0.29) is 11.8 Å². The van der Waals surface area contributed by atoms with Crippen molar-refractivity contribution in [2.24, 2.45) is 0 Å². The van der Waals surface area contributed by atoms with Gasteiger partial charge in [0.05, 0.1) is 11.3 Å². The van der Waals surface area contributed by atoms with E-state index in [0.29, 0.717) is 17.8 Å². The summed E-state index contributed by atoms with van der Waals surface area (Å²) in [5.41, 5.74) is 6.43. The van der Waals surface area contributed by atoms with Crippen molar-refractivity contribution in [1.29, 1.82) is 0 Å². The third kappa shape index (κ3) is 3.96. The number of hydrogen-bond donors (Lipinski definition) is 0. The third-order valence-electron chi connectivity index (χ3n) is 7.16. The van der Waals surface area contributed by atoms with E-state index in [9.17, 15) is 4.79 Å². The first-order valence-corrected chi connectivity index (χ1v) is 12.4. The van der Waals surface area contributed by atoms with Crippen LogP contribution >= 0.6 is 0 Å². The summed E-state index contributed by atoms with van der Waals surface area (Å²) in [6.07, 6.45) is 5.77. The van der Waals surface area contributed by atoms with E-state index in [1.807, 2.05) is 74.9 Å². The highest BCUT2D eigenvalue weighted by Gasteiger charge is 2.31. The number of fused-ring (bicyclic) bond motifs is 1. The first-order valence-electron chi connectivity index (χ1n) is 12.4. The van der Waals surface area contributed by atoms with Crippen molar-refractivity contribution >= 4 is 11.6 Å². The number of hydrogen-bond acceptors (Lipinski definition) is 4. The zero-order valence-corrected chi connectivity index (χ0v) is 20.5. The predicted octanol–water partition coefficient (Wildman–Crippen LogP) is 5.22. The summed E-state index contributed by atoms with van der Waals surface area (Å²) < 4.78 is 3.85. The van der Waals surface area contributed by atoms with Crippen molar-refractivity contribution in [2.75, 3.05) is 13.1 Å². The predicted molar refractivity (Wildman–Crippen MR) is 139 cm³/mol. The highest BCUT2D eigenvalue weighted by molar-refractivity contribution is 6.00. The molecule has 36 heavy (non-hydrogen) atoms. The summed E-state index contributed by atoms with van der Waals surface area (Å²) in [4.78, 5) is 16.0. The molecule has 1 fully saturated rings. The molecule has 0 bridgehead atoms. The van der Waals surface area contributed by atoms with Gasteiger partial charge in [0.25, 0.3) is 5.91 Å². The van der Waals surface area contributed by atoms with Crippen molar-refractivity contribution in [3.63, 3.8) is 0 Å². The molecule has 4 heterocycles. The molecule has 1 atom stereocenters. The minimum atomic E-state index is 0.00364. The van der Waals surface area contributed by atoms with E-state index in [0.717, 1.165) is 42.1 Å². The highest BCUT2D eigenvalue weighted by atomic mass is 16.2. The maximum atomic E-state index is 14.0. The standard InChI is InChI=1S/C29H28N6O/c1-20-13-14-22(17-21(20)2)27-25(19-35(32-27)24-10-4-3-5-11-24)29(36)33-15-8-9-23(18-33)28-31-30-26-12-6-7-16-34(26)28/h3-7,10-14,16-17,19,23H,8-9,15,18H2,1-2H3. The summed E-state index contributed by atoms with van der Waals surface area (Å²) >= 11 is 0. The van der Waals surface area contributed by atoms with Crippen molar-refractivity contribution in [1.82, 2.24) is 29.3 Å². The van der Waals surface area contributed by atoms with Crippen LogP contribution in [0, 0.1) is 13.8 Å². The molecule has 0 aliphatic carbocycles. The average Bonchev–Trinajstić information content (AvgIpc) is 3.56. The molecule has 0 spiro atoms. The Hall–Kier alpha value is -4.26. The molecule has 7 heteroatoms. The fourth-order valence-corrected chi connectivity index (χ4v) is 5.03. The van der Waals surface area contributed by atoms with Crippen LogP contribution in [0.1, 0.15) is 46.1 Å². The van der Waals surface area contributed by atoms with Gasteiger partial charge in [-0.25, -0.2) is 4.68 Å². The number of likely N-dealkylation sites (tertiary alicyclic amines) is 1. The van der Waals surface area contributed by atoms with Gasteiger partial charge in [-0.1, -0.05) is 36.4 Å². The quantitative estimate of drug-likeness (QED) is 0.357. The number of pyridine rings is 1. The molecular formula is C29H28N6O. The minimum Gasteiger partial charge on any atom is -0.338 e. The lowest BCUT2D eigenvalue weighted by Gasteiger charge is -2.32. The van der Waals surface area contributed by atoms with Gasteiger partial charge in [0.1, 0.15) is 11.5 Å². The first-order chi connectivity index (χ1) is 17.6. The molecule has 6 rings (SSSR count). The second-order valence-electron chi connectivity index (χ2n) is 9.55. The van der Waals surface area contributed by atoms with Gasteiger partial charge in [-0.2, -0.15) is 5.10 Å². The number of rotatable bonds is 4. The van der Waals surface area contributed by atoms with Crippen LogP contribution < -0.4 is 0 Å². The number of para-hydroxylation sites is 1. The van der Waals surface area contributed by atoms with Gasteiger partial charge in [-0.15, -0.1) is 10.2 Å². The Morgan fingerprint density at radius 1 is 0.944 bits per heavy atom. The second kappa shape index (κ2) is 9.07. The number of nitrogens with zero attached hydrogens (tertiary/aromatic N) is 6. The summed E-state index contributed by atoms with van der Waals surface area (Å²) in [6.45, 7) is 5.51. The molecule has 3 aromatic heterocycles. The van der Waals surface area contributed by atoms with Gasteiger partial charge in [0.15, 0.2) is 5.65 Å². The number of aromatic nitrogens is 5. The molecule has 0 N–H and O–H groups in total. The van der Waals surface area contributed by atoms with Crippen LogP contribution in [0.25, 0.3) is 22.6 Å².